The van der Waals surface area contributed by atoms with Crippen LogP contribution in [0.2, 0.25) is 0 Å². The molecule has 9 nitrogen and oxygen atoms in total. The van der Waals surface area contributed by atoms with Gasteiger partial charge in [-0.2, -0.15) is 5.10 Å². The zero-order chi connectivity index (χ0) is 18.4. The fourth-order valence-corrected chi connectivity index (χ4v) is 2.28. The Labute approximate surface area is 144 Å². The Morgan fingerprint density at radius 3 is 2.80 bits per heavy atom. The lowest BCUT2D eigenvalue weighted by Gasteiger charge is -2.17. The van der Waals surface area contributed by atoms with Gasteiger partial charge in [0, 0.05) is 0 Å². The maximum atomic E-state index is 12.1. The van der Waals surface area contributed by atoms with Crippen LogP contribution in [0.1, 0.15) is 25.5 Å². The second-order valence-electron chi connectivity index (χ2n) is 5.29. The number of carbonyl (C=O) groups excluding carboxylic acids is 1. The van der Waals surface area contributed by atoms with Crippen molar-refractivity contribution < 1.29 is 19.2 Å². The van der Waals surface area contributed by atoms with Crippen molar-refractivity contribution in [1.29, 1.82) is 0 Å². The molecule has 2 rings (SSSR count). The number of hydrogen-bond donors (Lipinski definition) is 1. The van der Waals surface area contributed by atoms with E-state index >= 15 is 0 Å². The molecule has 2 aromatic rings. The second kappa shape index (κ2) is 8.13. The number of nitrogens with zero attached hydrogens (tertiary/aromatic N) is 3. The van der Waals surface area contributed by atoms with E-state index in [1.807, 2.05) is 19.9 Å². The van der Waals surface area contributed by atoms with Crippen LogP contribution in [0.5, 0.6) is 11.5 Å². The van der Waals surface area contributed by atoms with Crippen LogP contribution in [-0.4, -0.2) is 34.3 Å². The predicted molar refractivity (Wildman–Crippen MR) is 89.6 cm³/mol. The minimum absolute atomic E-state index is 0.105. The molecule has 9 heteroatoms. The van der Waals surface area contributed by atoms with E-state index in [4.69, 9.17) is 9.47 Å². The summed E-state index contributed by atoms with van der Waals surface area (Å²) >= 11 is 0. The first-order valence-corrected chi connectivity index (χ1v) is 7.71. The van der Waals surface area contributed by atoms with Crippen molar-refractivity contribution >= 4 is 11.6 Å². The van der Waals surface area contributed by atoms with Crippen LogP contribution in [-0.2, 0) is 11.3 Å². The zero-order valence-corrected chi connectivity index (χ0v) is 14.3. The van der Waals surface area contributed by atoms with E-state index in [0.717, 1.165) is 11.8 Å². The van der Waals surface area contributed by atoms with Crippen molar-refractivity contribution in [3.05, 3.63) is 46.3 Å². The van der Waals surface area contributed by atoms with Crippen LogP contribution < -0.4 is 14.8 Å². The molecule has 1 aromatic carbocycles. The third-order valence-corrected chi connectivity index (χ3v) is 3.50. The van der Waals surface area contributed by atoms with Crippen molar-refractivity contribution in [2.75, 3.05) is 13.7 Å². The molecule has 0 unspecified atom stereocenters. The van der Waals surface area contributed by atoms with Crippen molar-refractivity contribution in [2.45, 2.75) is 26.4 Å². The zero-order valence-electron chi connectivity index (χ0n) is 14.3. The predicted octanol–water partition coefficient (Wildman–Crippen LogP) is 2.08. The van der Waals surface area contributed by atoms with Gasteiger partial charge in [-0.1, -0.05) is 6.07 Å². The molecule has 1 aromatic heterocycles. The van der Waals surface area contributed by atoms with Gasteiger partial charge in [0.1, 0.15) is 18.9 Å². The SMILES string of the molecule is CCOc1ccc([C@@H](C)NC(=O)Cn2cc([N+](=O)[O-])cn2)cc1OC. The highest BCUT2D eigenvalue weighted by molar-refractivity contribution is 5.76. The van der Waals surface area contributed by atoms with Gasteiger partial charge in [-0.3, -0.25) is 19.6 Å². The minimum Gasteiger partial charge on any atom is -0.493 e. The molecule has 0 aliphatic rings. The Morgan fingerprint density at radius 2 is 2.20 bits per heavy atom. The van der Waals surface area contributed by atoms with E-state index < -0.39 is 4.92 Å². The van der Waals surface area contributed by atoms with Crippen LogP contribution in [0, 0.1) is 10.1 Å². The number of carbonyl (C=O) groups is 1. The van der Waals surface area contributed by atoms with E-state index in [1.54, 1.807) is 19.2 Å². The Bertz CT molecular complexity index is 759. The molecule has 0 aliphatic carbocycles. The molecule has 1 amide bonds. The molecular weight excluding hydrogens is 328 g/mol. The van der Waals surface area contributed by atoms with Gasteiger partial charge in [0.25, 0.3) is 0 Å². The highest BCUT2D eigenvalue weighted by atomic mass is 16.6. The van der Waals surface area contributed by atoms with E-state index in [9.17, 15) is 14.9 Å². The number of methoxy groups -OCH3 is 1. The topological polar surface area (TPSA) is 109 Å². The Hall–Kier alpha value is -3.10. The first kappa shape index (κ1) is 18.2. The smallest absolute Gasteiger partial charge is 0.307 e. The summed E-state index contributed by atoms with van der Waals surface area (Å²) in [6, 6.07) is 5.16. The lowest BCUT2D eigenvalue weighted by Crippen LogP contribution is -2.30. The molecule has 134 valence electrons. The number of aromatic nitrogens is 2. The number of nitrogens with one attached hydrogen (secondary N) is 1. The molecule has 0 spiro atoms. The van der Waals surface area contributed by atoms with Crippen LogP contribution in [0.4, 0.5) is 5.69 Å². The average molecular weight is 348 g/mol. The van der Waals surface area contributed by atoms with E-state index in [-0.39, 0.29) is 24.2 Å². The standard InChI is InChI=1S/C16H20N4O5/c1-4-25-14-6-5-12(7-15(14)24-3)11(2)18-16(21)10-19-9-13(8-17-19)20(22)23/h5-9,11H,4,10H2,1-3H3,(H,18,21)/t11-/m1/s1. The molecule has 0 saturated heterocycles. The summed E-state index contributed by atoms with van der Waals surface area (Å²) in [5, 5.41) is 17.2. The quantitative estimate of drug-likeness (QED) is 0.578. The van der Waals surface area contributed by atoms with E-state index in [2.05, 4.69) is 10.4 Å². The highest BCUT2D eigenvalue weighted by Gasteiger charge is 2.15. The Balaban J connectivity index is 2.01. The molecule has 0 saturated carbocycles. The largest absolute Gasteiger partial charge is 0.493 e. The molecule has 0 radical (unpaired) electrons. The Morgan fingerprint density at radius 1 is 1.44 bits per heavy atom. The second-order valence-corrected chi connectivity index (χ2v) is 5.29. The highest BCUT2D eigenvalue weighted by Crippen LogP contribution is 2.30. The summed E-state index contributed by atoms with van der Waals surface area (Å²) in [7, 11) is 1.55. The summed E-state index contributed by atoms with van der Waals surface area (Å²) in [5.41, 5.74) is 0.692. The minimum atomic E-state index is -0.559. The molecule has 1 atom stereocenters. The number of rotatable bonds is 8. The number of benzene rings is 1. The van der Waals surface area contributed by atoms with Gasteiger partial charge < -0.3 is 14.8 Å². The van der Waals surface area contributed by atoms with Gasteiger partial charge in [-0.25, -0.2) is 0 Å². The third kappa shape index (κ3) is 4.69. The van der Waals surface area contributed by atoms with Gasteiger partial charge in [0.05, 0.1) is 24.7 Å². The maximum Gasteiger partial charge on any atom is 0.307 e. The Kier molecular flexibility index (Phi) is 5.93. The van der Waals surface area contributed by atoms with Gasteiger partial charge in [0.2, 0.25) is 5.91 Å². The van der Waals surface area contributed by atoms with E-state index in [1.165, 1.54) is 10.9 Å². The first-order chi connectivity index (χ1) is 11.9. The van der Waals surface area contributed by atoms with Crippen molar-refractivity contribution in [3.63, 3.8) is 0 Å². The molecule has 0 fully saturated rings. The van der Waals surface area contributed by atoms with Gasteiger partial charge in [-0.05, 0) is 31.5 Å². The van der Waals surface area contributed by atoms with Gasteiger partial charge in [0.15, 0.2) is 11.5 Å². The van der Waals surface area contributed by atoms with Crippen LogP contribution in [0.15, 0.2) is 30.6 Å². The molecule has 25 heavy (non-hydrogen) atoms. The number of ether oxygens (including phenoxy) is 2. The third-order valence-electron chi connectivity index (χ3n) is 3.50. The monoisotopic (exact) mass is 348 g/mol. The van der Waals surface area contributed by atoms with Crippen molar-refractivity contribution in [1.82, 2.24) is 15.1 Å². The molecule has 0 aliphatic heterocycles. The summed E-state index contributed by atoms with van der Waals surface area (Å²) in [6.07, 6.45) is 2.32. The fraction of sp³-hybridized carbons (Fsp3) is 0.375. The fourth-order valence-electron chi connectivity index (χ4n) is 2.28. The van der Waals surface area contributed by atoms with Crippen molar-refractivity contribution in [2.24, 2.45) is 0 Å². The van der Waals surface area contributed by atoms with Gasteiger partial charge in [-0.15, -0.1) is 0 Å². The summed E-state index contributed by atoms with van der Waals surface area (Å²) in [5.74, 6) is 0.914. The van der Waals surface area contributed by atoms with Crippen LogP contribution in [0.3, 0.4) is 0 Å². The molecule has 0 bridgehead atoms. The average Bonchev–Trinajstić information content (AvgIpc) is 3.04. The summed E-state index contributed by atoms with van der Waals surface area (Å²) in [4.78, 5) is 22.2. The van der Waals surface area contributed by atoms with Crippen molar-refractivity contribution in [3.8, 4) is 11.5 Å². The van der Waals surface area contributed by atoms with Crippen LogP contribution >= 0.6 is 0 Å². The molecule has 1 N–H and O–H groups in total. The first-order valence-electron chi connectivity index (χ1n) is 7.71. The molecule has 1 heterocycles. The van der Waals surface area contributed by atoms with Gasteiger partial charge >= 0.3 is 5.69 Å². The summed E-state index contributed by atoms with van der Waals surface area (Å²) < 4.78 is 12.0. The van der Waals surface area contributed by atoms with Crippen LogP contribution in [0.25, 0.3) is 0 Å². The number of hydrogen-bond acceptors (Lipinski definition) is 6. The normalized spacial score (nSPS) is 11.6. The number of nitro groups is 1. The molecular formula is C16H20N4O5. The lowest BCUT2D eigenvalue weighted by atomic mass is 10.1. The van der Waals surface area contributed by atoms with E-state index in [0.29, 0.717) is 18.1 Å². The summed E-state index contributed by atoms with van der Waals surface area (Å²) in [6.45, 7) is 4.14. The lowest BCUT2D eigenvalue weighted by molar-refractivity contribution is -0.385. The maximum absolute atomic E-state index is 12.1. The number of amides is 1.